The Morgan fingerprint density at radius 3 is 2.92 bits per heavy atom. The van der Waals surface area contributed by atoms with Crippen LogP contribution in [0, 0.1) is 18.3 Å². The third kappa shape index (κ3) is 3.30. The van der Waals surface area contributed by atoms with E-state index >= 15 is 0 Å². The van der Waals surface area contributed by atoms with E-state index in [1.54, 1.807) is 0 Å². The summed E-state index contributed by atoms with van der Waals surface area (Å²) >= 11 is 0. The predicted octanol–water partition coefficient (Wildman–Crippen LogP) is 1.63. The molecule has 1 aromatic rings. The van der Waals surface area contributed by atoms with Crippen LogP contribution in [-0.2, 0) is 6.42 Å². The van der Waals surface area contributed by atoms with E-state index in [9.17, 15) is 0 Å². The minimum atomic E-state index is -0.0870. The van der Waals surface area contributed by atoms with E-state index in [1.807, 2.05) is 26.0 Å². The number of rotatable bonds is 4. The van der Waals surface area contributed by atoms with Crippen molar-refractivity contribution in [2.45, 2.75) is 26.3 Å². The zero-order valence-corrected chi connectivity index (χ0v) is 8.00. The van der Waals surface area contributed by atoms with E-state index in [4.69, 9.17) is 9.68 Å². The Bertz CT molecular complexity index is 298. The molecular weight excluding hydrogens is 164 g/mol. The van der Waals surface area contributed by atoms with Crippen molar-refractivity contribution in [2.75, 3.05) is 6.54 Å². The van der Waals surface area contributed by atoms with Crippen LogP contribution in [0.1, 0.15) is 18.4 Å². The van der Waals surface area contributed by atoms with Gasteiger partial charge in [-0.05, 0) is 26.0 Å². The lowest BCUT2D eigenvalue weighted by atomic mass is 10.3. The standard InChI is InChI=1S/C10H14N2O/c1-8(7-11)12-6-5-10-4-3-9(2)13-10/h3-4,8,12H,5-6H2,1-2H3. The molecule has 0 fully saturated rings. The van der Waals surface area contributed by atoms with Crippen LogP contribution in [0.5, 0.6) is 0 Å². The molecule has 1 rings (SSSR count). The fourth-order valence-electron chi connectivity index (χ4n) is 1.08. The highest BCUT2D eigenvalue weighted by atomic mass is 16.3. The largest absolute Gasteiger partial charge is 0.466 e. The van der Waals surface area contributed by atoms with Crippen molar-refractivity contribution >= 4 is 0 Å². The molecule has 0 aliphatic carbocycles. The second-order valence-electron chi connectivity index (χ2n) is 3.07. The van der Waals surface area contributed by atoms with Crippen molar-refractivity contribution in [3.63, 3.8) is 0 Å². The SMILES string of the molecule is Cc1ccc(CCNC(C)C#N)o1. The van der Waals surface area contributed by atoms with E-state index in [0.29, 0.717) is 0 Å². The molecule has 1 aromatic heterocycles. The van der Waals surface area contributed by atoms with Crippen molar-refractivity contribution in [1.82, 2.24) is 5.32 Å². The van der Waals surface area contributed by atoms with Crippen LogP contribution < -0.4 is 5.32 Å². The molecule has 0 bridgehead atoms. The number of nitrogens with one attached hydrogen (secondary N) is 1. The maximum Gasteiger partial charge on any atom is 0.105 e. The molecule has 0 saturated heterocycles. The highest BCUT2D eigenvalue weighted by Gasteiger charge is 2.00. The van der Waals surface area contributed by atoms with Gasteiger partial charge in [-0.1, -0.05) is 0 Å². The number of nitriles is 1. The van der Waals surface area contributed by atoms with Gasteiger partial charge >= 0.3 is 0 Å². The molecule has 0 aliphatic heterocycles. The summed E-state index contributed by atoms with van der Waals surface area (Å²) in [7, 11) is 0. The van der Waals surface area contributed by atoms with Crippen LogP contribution >= 0.6 is 0 Å². The molecular formula is C10H14N2O. The van der Waals surface area contributed by atoms with Gasteiger partial charge in [0, 0.05) is 13.0 Å². The summed E-state index contributed by atoms with van der Waals surface area (Å²) in [4.78, 5) is 0. The van der Waals surface area contributed by atoms with E-state index < -0.39 is 0 Å². The van der Waals surface area contributed by atoms with Crippen molar-refractivity contribution in [1.29, 1.82) is 5.26 Å². The Balaban J connectivity index is 2.25. The second kappa shape index (κ2) is 4.68. The van der Waals surface area contributed by atoms with E-state index in [1.165, 1.54) is 0 Å². The highest BCUT2D eigenvalue weighted by molar-refractivity contribution is 5.05. The quantitative estimate of drug-likeness (QED) is 0.762. The molecule has 1 unspecified atom stereocenters. The van der Waals surface area contributed by atoms with Gasteiger partial charge in [0.05, 0.1) is 12.1 Å². The Kier molecular flexibility index (Phi) is 3.53. The fourth-order valence-corrected chi connectivity index (χ4v) is 1.08. The number of furan rings is 1. The van der Waals surface area contributed by atoms with E-state index in [-0.39, 0.29) is 6.04 Å². The van der Waals surface area contributed by atoms with Crippen LogP contribution in [0.4, 0.5) is 0 Å². The molecule has 0 amide bonds. The molecule has 0 radical (unpaired) electrons. The lowest BCUT2D eigenvalue weighted by molar-refractivity contribution is 0.473. The Hall–Kier alpha value is -1.27. The van der Waals surface area contributed by atoms with Crippen LogP contribution in [0.25, 0.3) is 0 Å². The number of nitrogens with zero attached hydrogens (tertiary/aromatic N) is 1. The van der Waals surface area contributed by atoms with Gasteiger partial charge < -0.3 is 9.73 Å². The lowest BCUT2D eigenvalue weighted by Gasteiger charge is -2.03. The van der Waals surface area contributed by atoms with Crippen LogP contribution in [-0.4, -0.2) is 12.6 Å². The van der Waals surface area contributed by atoms with E-state index in [0.717, 1.165) is 24.5 Å². The molecule has 0 aliphatic rings. The number of hydrogen-bond donors (Lipinski definition) is 1. The first-order valence-corrected chi connectivity index (χ1v) is 4.40. The van der Waals surface area contributed by atoms with Gasteiger partial charge in [0.25, 0.3) is 0 Å². The minimum absolute atomic E-state index is 0.0870. The van der Waals surface area contributed by atoms with Crippen molar-refractivity contribution in [3.8, 4) is 6.07 Å². The molecule has 1 N–H and O–H groups in total. The average Bonchev–Trinajstić information content (AvgIpc) is 2.51. The summed E-state index contributed by atoms with van der Waals surface area (Å²) in [6, 6.07) is 5.94. The molecule has 0 aromatic carbocycles. The highest BCUT2D eigenvalue weighted by Crippen LogP contribution is 2.05. The minimum Gasteiger partial charge on any atom is -0.466 e. The Morgan fingerprint density at radius 1 is 1.62 bits per heavy atom. The molecule has 1 heterocycles. The lowest BCUT2D eigenvalue weighted by Crippen LogP contribution is -2.26. The van der Waals surface area contributed by atoms with Gasteiger partial charge in [-0.15, -0.1) is 0 Å². The monoisotopic (exact) mass is 178 g/mol. The smallest absolute Gasteiger partial charge is 0.105 e. The van der Waals surface area contributed by atoms with Gasteiger partial charge in [0.15, 0.2) is 0 Å². The molecule has 13 heavy (non-hydrogen) atoms. The molecule has 0 spiro atoms. The van der Waals surface area contributed by atoms with Gasteiger partial charge in [-0.2, -0.15) is 5.26 Å². The van der Waals surface area contributed by atoms with Crippen LogP contribution in [0.15, 0.2) is 16.5 Å². The maximum absolute atomic E-state index is 8.50. The summed E-state index contributed by atoms with van der Waals surface area (Å²) in [5, 5.41) is 11.6. The Labute approximate surface area is 78.4 Å². The summed E-state index contributed by atoms with van der Waals surface area (Å²) in [6.07, 6.45) is 0.833. The summed E-state index contributed by atoms with van der Waals surface area (Å²) in [5.41, 5.74) is 0. The van der Waals surface area contributed by atoms with Crippen molar-refractivity contribution in [2.24, 2.45) is 0 Å². The van der Waals surface area contributed by atoms with Gasteiger partial charge in [-0.3, -0.25) is 0 Å². The maximum atomic E-state index is 8.50. The summed E-state index contributed by atoms with van der Waals surface area (Å²) in [6.45, 7) is 4.55. The van der Waals surface area contributed by atoms with Crippen molar-refractivity contribution < 1.29 is 4.42 Å². The molecule has 70 valence electrons. The first-order valence-electron chi connectivity index (χ1n) is 4.40. The van der Waals surface area contributed by atoms with Gasteiger partial charge in [-0.25, -0.2) is 0 Å². The summed E-state index contributed by atoms with van der Waals surface area (Å²) < 4.78 is 5.38. The van der Waals surface area contributed by atoms with Gasteiger partial charge in [0.2, 0.25) is 0 Å². The Morgan fingerprint density at radius 2 is 2.38 bits per heavy atom. The second-order valence-corrected chi connectivity index (χ2v) is 3.07. The first kappa shape index (κ1) is 9.82. The summed E-state index contributed by atoms with van der Waals surface area (Å²) in [5.74, 6) is 1.90. The molecule has 3 nitrogen and oxygen atoms in total. The normalized spacial score (nSPS) is 12.4. The molecule has 0 saturated carbocycles. The first-order chi connectivity index (χ1) is 6.22. The third-order valence-electron chi connectivity index (χ3n) is 1.81. The van der Waals surface area contributed by atoms with Crippen molar-refractivity contribution in [3.05, 3.63) is 23.7 Å². The van der Waals surface area contributed by atoms with E-state index in [2.05, 4.69) is 11.4 Å². The van der Waals surface area contributed by atoms with Crippen LogP contribution in [0.2, 0.25) is 0 Å². The fraction of sp³-hybridized carbons (Fsp3) is 0.500. The molecule has 3 heteroatoms. The van der Waals surface area contributed by atoms with Gasteiger partial charge in [0.1, 0.15) is 11.5 Å². The van der Waals surface area contributed by atoms with Crippen LogP contribution in [0.3, 0.4) is 0 Å². The number of hydrogen-bond acceptors (Lipinski definition) is 3. The predicted molar refractivity (Wildman–Crippen MR) is 50.2 cm³/mol. The zero-order valence-electron chi connectivity index (χ0n) is 8.00. The average molecular weight is 178 g/mol. The molecule has 1 atom stereocenters. The zero-order chi connectivity index (χ0) is 9.68. The number of aryl methyl sites for hydroxylation is 1. The topological polar surface area (TPSA) is 49.0 Å². The third-order valence-corrected chi connectivity index (χ3v) is 1.81.